The van der Waals surface area contributed by atoms with Gasteiger partial charge in [0.25, 0.3) is 0 Å². The fourth-order valence-corrected chi connectivity index (χ4v) is 3.86. The van der Waals surface area contributed by atoms with Gasteiger partial charge in [-0.25, -0.2) is 22.2 Å². The van der Waals surface area contributed by atoms with Gasteiger partial charge in [-0.3, -0.25) is 0 Å². The van der Waals surface area contributed by atoms with Crippen LogP contribution in [0.25, 0.3) is 22.2 Å². The molecule has 1 atom stereocenters. The highest BCUT2D eigenvalue weighted by atomic mass is 32.2. The first kappa shape index (κ1) is 20.1. The zero-order valence-electron chi connectivity index (χ0n) is 15.8. The van der Waals surface area contributed by atoms with Gasteiger partial charge < -0.3 is 10.3 Å². The van der Waals surface area contributed by atoms with Gasteiger partial charge in [0.1, 0.15) is 17.3 Å². The predicted octanol–water partition coefficient (Wildman–Crippen LogP) is 3.81. The number of hydrogen-bond acceptors (Lipinski definition) is 6. The number of pyridine rings is 1. The maximum atomic E-state index is 14.3. The van der Waals surface area contributed by atoms with Gasteiger partial charge in [0.05, 0.1) is 11.1 Å². The van der Waals surface area contributed by atoms with Crippen molar-refractivity contribution in [1.29, 1.82) is 0 Å². The van der Waals surface area contributed by atoms with Crippen molar-refractivity contribution in [1.82, 2.24) is 10.1 Å². The van der Waals surface area contributed by atoms with E-state index in [0.29, 0.717) is 27.8 Å². The van der Waals surface area contributed by atoms with Gasteiger partial charge in [0.2, 0.25) is 0 Å². The van der Waals surface area contributed by atoms with E-state index in [4.69, 9.17) is 10.3 Å². The van der Waals surface area contributed by atoms with Crippen molar-refractivity contribution in [2.45, 2.75) is 17.5 Å². The first-order valence-electron chi connectivity index (χ1n) is 8.99. The van der Waals surface area contributed by atoms with Crippen LogP contribution in [0.5, 0.6) is 0 Å². The van der Waals surface area contributed by atoms with E-state index in [1.54, 1.807) is 24.3 Å². The van der Waals surface area contributed by atoms with Crippen LogP contribution >= 0.6 is 0 Å². The van der Waals surface area contributed by atoms with E-state index in [1.807, 2.05) is 0 Å². The Hall–Kier alpha value is -3.17. The second-order valence-corrected chi connectivity index (χ2v) is 8.88. The normalized spacial score (nSPS) is 12.9. The monoisotopic (exact) mass is 429 g/mol. The molecule has 2 heterocycles. The molecule has 30 heavy (non-hydrogen) atoms. The topological polar surface area (TPSA) is 99.1 Å². The molecule has 0 saturated carbocycles. The highest BCUT2D eigenvalue weighted by Crippen LogP contribution is 2.33. The van der Waals surface area contributed by atoms with E-state index in [2.05, 4.69) is 10.1 Å². The molecular weight excluding hydrogens is 412 g/mol. The van der Waals surface area contributed by atoms with Gasteiger partial charge in [-0.2, -0.15) is 0 Å². The minimum Gasteiger partial charge on any atom is -0.356 e. The second kappa shape index (κ2) is 7.58. The van der Waals surface area contributed by atoms with E-state index >= 15 is 0 Å². The summed E-state index contributed by atoms with van der Waals surface area (Å²) in [5, 5.41) is 4.31. The smallest absolute Gasteiger partial charge is 0.192 e. The first-order chi connectivity index (χ1) is 14.2. The molecule has 0 aliphatic heterocycles. The third-order valence-corrected chi connectivity index (χ3v) is 5.72. The third-order valence-electron chi connectivity index (χ3n) is 4.73. The zero-order chi connectivity index (χ0) is 21.5. The second-order valence-electron chi connectivity index (χ2n) is 6.92. The Kier molecular flexibility index (Phi) is 5.08. The summed E-state index contributed by atoms with van der Waals surface area (Å²) in [6.45, 7) is 0. The summed E-state index contributed by atoms with van der Waals surface area (Å²) in [7, 11) is -3.59. The molecule has 0 radical (unpaired) electrons. The van der Waals surface area contributed by atoms with Crippen LogP contribution in [0.2, 0.25) is 0 Å². The molecule has 1 unspecified atom stereocenters. The molecular formula is C21H17F2N3O3S. The Labute approximate surface area is 171 Å². The van der Waals surface area contributed by atoms with Crippen LogP contribution in [0.1, 0.15) is 17.3 Å². The van der Waals surface area contributed by atoms with Gasteiger partial charge >= 0.3 is 0 Å². The molecule has 0 aliphatic rings. The van der Waals surface area contributed by atoms with E-state index < -0.39 is 27.5 Å². The van der Waals surface area contributed by atoms with Crippen molar-refractivity contribution < 1.29 is 21.7 Å². The van der Waals surface area contributed by atoms with E-state index in [-0.39, 0.29) is 17.1 Å². The fourth-order valence-electron chi connectivity index (χ4n) is 3.27. The first-order valence-corrected chi connectivity index (χ1v) is 10.9. The van der Waals surface area contributed by atoms with Crippen LogP contribution in [0.3, 0.4) is 0 Å². The lowest BCUT2D eigenvalue weighted by Gasteiger charge is -2.16. The molecule has 154 valence electrons. The summed E-state index contributed by atoms with van der Waals surface area (Å²) in [4.78, 5) is 3.94. The standard InChI is InChI=1S/C21H17F2N3O3S/c1-30(27,28)20-9-7-16(23)18(25-20)11-17(24)13-4-2-3-5-14(13)21-15-10-12(22)6-8-19(15)29-26-21/h2-10,17H,11,24H2,1H3. The molecule has 4 aromatic rings. The van der Waals surface area contributed by atoms with Crippen molar-refractivity contribution in [3.63, 3.8) is 0 Å². The van der Waals surface area contributed by atoms with Gasteiger partial charge in [0, 0.05) is 24.3 Å². The maximum absolute atomic E-state index is 14.3. The summed E-state index contributed by atoms with van der Waals surface area (Å²) in [5.74, 6) is -1.08. The van der Waals surface area contributed by atoms with E-state index in [9.17, 15) is 17.2 Å². The average Bonchev–Trinajstić information content (AvgIpc) is 3.11. The van der Waals surface area contributed by atoms with Gasteiger partial charge in [-0.1, -0.05) is 29.4 Å². The number of rotatable bonds is 5. The van der Waals surface area contributed by atoms with E-state index in [1.165, 1.54) is 18.2 Å². The molecule has 2 aromatic heterocycles. The quantitative estimate of drug-likeness (QED) is 0.518. The number of nitrogens with zero attached hydrogens (tertiary/aromatic N) is 2. The van der Waals surface area contributed by atoms with Gasteiger partial charge in [-0.15, -0.1) is 0 Å². The molecule has 0 aliphatic carbocycles. The van der Waals surface area contributed by atoms with Crippen molar-refractivity contribution in [2.24, 2.45) is 5.73 Å². The Morgan fingerprint density at radius 1 is 1.10 bits per heavy atom. The molecule has 9 heteroatoms. The average molecular weight is 429 g/mol. The van der Waals surface area contributed by atoms with Crippen molar-refractivity contribution in [3.8, 4) is 11.3 Å². The van der Waals surface area contributed by atoms with Crippen LogP contribution < -0.4 is 5.73 Å². The zero-order valence-corrected chi connectivity index (χ0v) is 16.7. The summed E-state index contributed by atoms with van der Waals surface area (Å²) in [5.41, 5.74) is 8.34. The van der Waals surface area contributed by atoms with Crippen molar-refractivity contribution in [3.05, 3.63) is 77.5 Å². The summed E-state index contributed by atoms with van der Waals surface area (Å²) < 4.78 is 56.8. The third kappa shape index (κ3) is 3.81. The number of hydrogen-bond donors (Lipinski definition) is 1. The Morgan fingerprint density at radius 2 is 1.87 bits per heavy atom. The number of nitrogens with two attached hydrogens (primary N) is 1. The van der Waals surface area contributed by atoms with Crippen LogP contribution in [-0.4, -0.2) is 24.8 Å². The minimum absolute atomic E-state index is 0.0453. The molecule has 2 N–H and O–H groups in total. The molecule has 4 rings (SSSR count). The molecule has 0 saturated heterocycles. The Balaban J connectivity index is 1.75. The largest absolute Gasteiger partial charge is 0.356 e. The van der Waals surface area contributed by atoms with Crippen LogP contribution in [0.4, 0.5) is 8.78 Å². The molecule has 0 amide bonds. The Morgan fingerprint density at radius 3 is 2.63 bits per heavy atom. The molecule has 2 aromatic carbocycles. The lowest BCUT2D eigenvalue weighted by Crippen LogP contribution is -2.17. The maximum Gasteiger partial charge on any atom is 0.192 e. The summed E-state index contributed by atoms with van der Waals surface area (Å²) in [6.07, 6.45) is 0.956. The van der Waals surface area contributed by atoms with Gasteiger partial charge in [-0.05, 0) is 35.9 Å². The summed E-state index contributed by atoms with van der Waals surface area (Å²) in [6, 6.07) is 12.6. The van der Waals surface area contributed by atoms with Crippen LogP contribution in [0.15, 0.2) is 64.1 Å². The number of halogens is 2. The lowest BCUT2D eigenvalue weighted by atomic mass is 9.94. The highest BCUT2D eigenvalue weighted by Gasteiger charge is 2.21. The highest BCUT2D eigenvalue weighted by molar-refractivity contribution is 7.90. The summed E-state index contributed by atoms with van der Waals surface area (Å²) >= 11 is 0. The molecule has 6 nitrogen and oxygen atoms in total. The molecule has 0 spiro atoms. The molecule has 0 fully saturated rings. The minimum atomic E-state index is -3.59. The number of aromatic nitrogens is 2. The number of benzene rings is 2. The van der Waals surface area contributed by atoms with Crippen molar-refractivity contribution >= 4 is 20.8 Å². The van der Waals surface area contributed by atoms with Crippen molar-refractivity contribution in [2.75, 3.05) is 6.26 Å². The number of fused-ring (bicyclic) bond motifs is 1. The van der Waals surface area contributed by atoms with Crippen LogP contribution in [-0.2, 0) is 16.3 Å². The lowest BCUT2D eigenvalue weighted by molar-refractivity contribution is 0.459. The number of sulfone groups is 1. The SMILES string of the molecule is CS(=O)(=O)c1ccc(F)c(CC(N)c2ccccc2-c2noc3ccc(F)cc23)n1. The fraction of sp³-hybridized carbons (Fsp3) is 0.143. The predicted molar refractivity (Wildman–Crippen MR) is 107 cm³/mol. The van der Waals surface area contributed by atoms with E-state index in [0.717, 1.165) is 18.4 Å². The van der Waals surface area contributed by atoms with Gasteiger partial charge in [0.15, 0.2) is 20.4 Å². The Bertz CT molecular complexity index is 1350. The molecule has 0 bridgehead atoms. The van der Waals surface area contributed by atoms with Crippen LogP contribution in [0, 0.1) is 11.6 Å².